The van der Waals surface area contributed by atoms with E-state index in [9.17, 15) is 0 Å². The van der Waals surface area contributed by atoms with Gasteiger partial charge in [0.15, 0.2) is 5.96 Å². The number of aromatic nitrogens is 2. The Morgan fingerprint density at radius 2 is 2.07 bits per heavy atom. The maximum absolute atomic E-state index is 5.98. The number of nitrogens with zero attached hydrogens (tertiary/aromatic N) is 3. The average molecular weight is 370 g/mol. The summed E-state index contributed by atoms with van der Waals surface area (Å²) in [5.41, 5.74) is 3.43. The lowest BCUT2D eigenvalue weighted by atomic mass is 10.2. The lowest BCUT2D eigenvalue weighted by Gasteiger charge is -2.15. The number of benzene rings is 1. The first-order valence-electron chi connectivity index (χ1n) is 9.82. The van der Waals surface area contributed by atoms with Gasteiger partial charge in [0.25, 0.3) is 0 Å². The molecule has 6 nitrogen and oxygen atoms in total. The summed E-state index contributed by atoms with van der Waals surface area (Å²) in [6.07, 6.45) is 3.59. The molecule has 0 saturated heterocycles. The summed E-state index contributed by atoms with van der Waals surface area (Å²) in [4.78, 5) is 4.31. The molecule has 1 fully saturated rings. The van der Waals surface area contributed by atoms with Crippen molar-refractivity contribution in [2.75, 3.05) is 20.2 Å². The van der Waals surface area contributed by atoms with Crippen LogP contribution >= 0.6 is 0 Å². The first kappa shape index (κ1) is 19.3. The Bertz CT molecular complexity index is 764. The topological polar surface area (TPSA) is 63.5 Å². The molecule has 1 aliphatic carbocycles. The first-order chi connectivity index (χ1) is 13.2. The largest absolute Gasteiger partial charge is 0.493 e. The van der Waals surface area contributed by atoms with Gasteiger partial charge in [-0.3, -0.25) is 9.67 Å². The minimum atomic E-state index is 0.692. The quantitative estimate of drug-likeness (QED) is 0.405. The Hall–Kier alpha value is -2.50. The van der Waals surface area contributed by atoms with Gasteiger partial charge in [0, 0.05) is 37.9 Å². The van der Waals surface area contributed by atoms with Crippen molar-refractivity contribution in [2.45, 2.75) is 46.2 Å². The van der Waals surface area contributed by atoms with Gasteiger partial charge in [-0.2, -0.15) is 5.10 Å². The van der Waals surface area contributed by atoms with E-state index >= 15 is 0 Å². The van der Waals surface area contributed by atoms with Crippen LogP contribution in [0.4, 0.5) is 0 Å². The summed E-state index contributed by atoms with van der Waals surface area (Å²) in [6, 6.07) is 10.3. The highest BCUT2D eigenvalue weighted by molar-refractivity contribution is 5.79. The van der Waals surface area contributed by atoms with Gasteiger partial charge in [-0.05, 0) is 51.2 Å². The minimum Gasteiger partial charge on any atom is -0.493 e. The second-order valence-electron chi connectivity index (χ2n) is 7.22. The molecule has 0 spiro atoms. The van der Waals surface area contributed by atoms with E-state index in [1.807, 2.05) is 25.1 Å². The Morgan fingerprint density at radius 1 is 1.26 bits per heavy atom. The van der Waals surface area contributed by atoms with Crippen molar-refractivity contribution < 1.29 is 4.74 Å². The molecule has 1 aliphatic rings. The molecule has 1 saturated carbocycles. The zero-order valence-corrected chi connectivity index (χ0v) is 16.7. The van der Waals surface area contributed by atoms with Crippen molar-refractivity contribution in [1.29, 1.82) is 0 Å². The van der Waals surface area contributed by atoms with Gasteiger partial charge in [-0.25, -0.2) is 0 Å². The normalized spacial score (nSPS) is 14.3. The summed E-state index contributed by atoms with van der Waals surface area (Å²) in [5.74, 6) is 2.53. The number of aryl methyl sites for hydroxylation is 3. The maximum Gasteiger partial charge on any atom is 0.191 e. The van der Waals surface area contributed by atoms with Crippen LogP contribution in [-0.2, 0) is 13.1 Å². The van der Waals surface area contributed by atoms with E-state index in [0.29, 0.717) is 6.54 Å². The number of para-hydroxylation sites is 1. The van der Waals surface area contributed by atoms with E-state index in [2.05, 4.69) is 44.5 Å². The van der Waals surface area contributed by atoms with Crippen LogP contribution in [0.3, 0.4) is 0 Å². The zero-order valence-electron chi connectivity index (χ0n) is 16.7. The van der Waals surface area contributed by atoms with Crippen molar-refractivity contribution >= 4 is 5.96 Å². The van der Waals surface area contributed by atoms with Crippen LogP contribution in [0.25, 0.3) is 0 Å². The molecule has 0 unspecified atom stereocenters. The summed E-state index contributed by atoms with van der Waals surface area (Å²) >= 11 is 0. The average Bonchev–Trinajstić information content (AvgIpc) is 3.44. The highest BCUT2D eigenvalue weighted by Gasteiger charge is 2.22. The molecule has 146 valence electrons. The number of ether oxygens (including phenoxy) is 1. The van der Waals surface area contributed by atoms with Crippen LogP contribution in [0.1, 0.15) is 36.2 Å². The zero-order chi connectivity index (χ0) is 19.1. The van der Waals surface area contributed by atoms with Crippen molar-refractivity contribution in [3.63, 3.8) is 0 Å². The van der Waals surface area contributed by atoms with Crippen LogP contribution in [0.5, 0.6) is 5.75 Å². The smallest absolute Gasteiger partial charge is 0.191 e. The monoisotopic (exact) mass is 369 g/mol. The van der Waals surface area contributed by atoms with Gasteiger partial charge < -0.3 is 15.4 Å². The highest BCUT2D eigenvalue weighted by atomic mass is 16.5. The van der Waals surface area contributed by atoms with Gasteiger partial charge >= 0.3 is 0 Å². The lowest BCUT2D eigenvalue weighted by molar-refractivity contribution is 0.296. The number of nitrogens with one attached hydrogen (secondary N) is 2. The van der Waals surface area contributed by atoms with E-state index in [1.54, 1.807) is 7.05 Å². The maximum atomic E-state index is 5.98. The van der Waals surface area contributed by atoms with Crippen LogP contribution < -0.4 is 15.4 Å². The number of hydrogen-bond acceptors (Lipinski definition) is 3. The van der Waals surface area contributed by atoms with E-state index in [1.165, 1.54) is 18.5 Å². The van der Waals surface area contributed by atoms with Gasteiger partial charge in [0.2, 0.25) is 0 Å². The third-order valence-corrected chi connectivity index (χ3v) is 4.76. The molecule has 0 atom stereocenters. The molecule has 3 rings (SSSR count). The van der Waals surface area contributed by atoms with Gasteiger partial charge in [-0.15, -0.1) is 0 Å². The van der Waals surface area contributed by atoms with Crippen molar-refractivity contribution in [3.05, 3.63) is 47.3 Å². The summed E-state index contributed by atoms with van der Waals surface area (Å²) in [7, 11) is 1.80. The third kappa shape index (κ3) is 6.01. The molecule has 6 heteroatoms. The Morgan fingerprint density at radius 3 is 2.78 bits per heavy atom. The predicted octanol–water partition coefficient (Wildman–Crippen LogP) is 3.04. The van der Waals surface area contributed by atoms with Gasteiger partial charge in [0.1, 0.15) is 5.75 Å². The van der Waals surface area contributed by atoms with E-state index in [4.69, 9.17) is 4.74 Å². The third-order valence-electron chi connectivity index (χ3n) is 4.76. The van der Waals surface area contributed by atoms with Gasteiger partial charge in [-0.1, -0.05) is 18.2 Å². The van der Waals surface area contributed by atoms with E-state index in [0.717, 1.165) is 55.0 Å². The van der Waals surface area contributed by atoms with Crippen LogP contribution in [0.15, 0.2) is 35.3 Å². The number of guanidine groups is 1. The number of hydrogen-bond donors (Lipinski definition) is 2. The molecule has 1 aromatic heterocycles. The summed E-state index contributed by atoms with van der Waals surface area (Å²) in [5, 5.41) is 11.2. The molecule has 0 bridgehead atoms. The Balaban J connectivity index is 1.41. The van der Waals surface area contributed by atoms with Gasteiger partial charge in [0.05, 0.1) is 12.3 Å². The lowest BCUT2D eigenvalue weighted by Crippen LogP contribution is -2.37. The second kappa shape index (κ2) is 9.44. The molecule has 0 amide bonds. The summed E-state index contributed by atoms with van der Waals surface area (Å²) in [6.45, 7) is 7.39. The van der Waals surface area contributed by atoms with Crippen LogP contribution in [0.2, 0.25) is 0 Å². The fraction of sp³-hybridized carbons (Fsp3) is 0.524. The molecular weight excluding hydrogens is 338 g/mol. The highest BCUT2D eigenvalue weighted by Crippen LogP contribution is 2.30. The van der Waals surface area contributed by atoms with Crippen LogP contribution in [0, 0.1) is 19.8 Å². The molecular formula is C21H31N5O. The molecule has 27 heavy (non-hydrogen) atoms. The van der Waals surface area contributed by atoms with E-state index in [-0.39, 0.29) is 0 Å². The fourth-order valence-electron chi connectivity index (χ4n) is 3.02. The second-order valence-corrected chi connectivity index (χ2v) is 7.22. The minimum absolute atomic E-state index is 0.692. The molecule has 2 N–H and O–H groups in total. The SMILES string of the molecule is CN=C(NCCCn1nc(C)cc1C)NCc1ccccc1OCC1CC1. The summed E-state index contributed by atoms with van der Waals surface area (Å²) < 4.78 is 8.03. The molecule has 1 heterocycles. The predicted molar refractivity (Wildman–Crippen MR) is 109 cm³/mol. The van der Waals surface area contributed by atoms with Crippen molar-refractivity contribution in [3.8, 4) is 5.75 Å². The molecule has 1 aromatic carbocycles. The number of aliphatic imine (C=N–C) groups is 1. The van der Waals surface area contributed by atoms with Crippen molar-refractivity contribution in [1.82, 2.24) is 20.4 Å². The first-order valence-corrected chi connectivity index (χ1v) is 9.82. The molecule has 2 aromatic rings. The van der Waals surface area contributed by atoms with Crippen molar-refractivity contribution in [2.24, 2.45) is 10.9 Å². The fourth-order valence-corrected chi connectivity index (χ4v) is 3.02. The molecule has 0 radical (unpaired) electrons. The van der Waals surface area contributed by atoms with E-state index < -0.39 is 0 Å². The standard InChI is InChI=1S/C21H31N5O/c1-16-13-17(2)26(25-16)12-6-11-23-21(22-3)24-14-19-7-4-5-8-20(19)27-15-18-9-10-18/h4-5,7-8,13,18H,6,9-12,14-15H2,1-3H3,(H2,22,23,24). The van der Waals surface area contributed by atoms with Crippen LogP contribution in [-0.4, -0.2) is 35.9 Å². The Labute approximate surface area is 162 Å². The Kier molecular flexibility index (Phi) is 6.74. The molecule has 0 aliphatic heterocycles. The number of rotatable bonds is 9.